The van der Waals surface area contributed by atoms with Crippen molar-refractivity contribution in [2.75, 3.05) is 6.61 Å². The van der Waals surface area contributed by atoms with Gasteiger partial charge in [0.1, 0.15) is 5.75 Å². The molecule has 0 fully saturated rings. The Morgan fingerprint density at radius 2 is 2.38 bits per heavy atom. The molecule has 0 spiro atoms. The molecule has 3 rings (SSSR count). The van der Waals surface area contributed by atoms with Crippen molar-refractivity contribution in [1.82, 2.24) is 9.59 Å². The molecule has 2 aromatic rings. The van der Waals surface area contributed by atoms with Crippen LogP contribution in [0.25, 0.3) is 0 Å². The number of nitrogens with two attached hydrogens (primary N) is 1. The van der Waals surface area contributed by atoms with Crippen LogP contribution in [0.4, 0.5) is 0 Å². The number of benzene rings is 1. The second kappa shape index (κ2) is 3.84. The van der Waals surface area contributed by atoms with Crippen LogP contribution in [0.5, 0.6) is 5.75 Å². The number of nitrogens with zero attached hydrogens (tertiary/aromatic N) is 2. The van der Waals surface area contributed by atoms with Gasteiger partial charge in [-0.05, 0) is 17.1 Å². The first-order valence-corrected chi connectivity index (χ1v) is 5.97. The first-order chi connectivity index (χ1) is 7.86. The van der Waals surface area contributed by atoms with Crippen LogP contribution < -0.4 is 10.5 Å². The molecule has 2 heterocycles. The van der Waals surface area contributed by atoms with Crippen LogP contribution in [0.15, 0.2) is 23.6 Å². The standard InChI is InChI=1S/C11H11N3OS/c12-10(9-6-16-14-13-9)8-3-1-2-7-4-5-15-11(7)8/h1-3,6,10H,4-5,12H2. The highest BCUT2D eigenvalue weighted by Gasteiger charge is 2.21. The number of ether oxygens (including phenoxy) is 1. The fraction of sp³-hybridized carbons (Fsp3) is 0.273. The summed E-state index contributed by atoms with van der Waals surface area (Å²) in [6, 6.07) is 5.85. The largest absolute Gasteiger partial charge is 0.493 e. The lowest BCUT2D eigenvalue weighted by molar-refractivity contribution is 0.352. The lowest BCUT2D eigenvalue weighted by Gasteiger charge is -2.12. The van der Waals surface area contributed by atoms with Crippen molar-refractivity contribution < 1.29 is 4.74 Å². The quantitative estimate of drug-likeness (QED) is 0.854. The van der Waals surface area contributed by atoms with E-state index in [4.69, 9.17) is 10.5 Å². The number of hydrogen-bond acceptors (Lipinski definition) is 5. The summed E-state index contributed by atoms with van der Waals surface area (Å²) in [6.45, 7) is 0.744. The monoisotopic (exact) mass is 233 g/mol. The van der Waals surface area contributed by atoms with E-state index in [0.717, 1.165) is 30.0 Å². The van der Waals surface area contributed by atoms with Crippen molar-refractivity contribution in [3.8, 4) is 5.75 Å². The van der Waals surface area contributed by atoms with Gasteiger partial charge in [0, 0.05) is 17.4 Å². The molecule has 5 heteroatoms. The van der Waals surface area contributed by atoms with Gasteiger partial charge in [0.05, 0.1) is 18.3 Å². The van der Waals surface area contributed by atoms with Crippen molar-refractivity contribution in [1.29, 1.82) is 0 Å². The minimum Gasteiger partial charge on any atom is -0.493 e. The van der Waals surface area contributed by atoms with Crippen LogP contribution in [0, 0.1) is 0 Å². The minimum absolute atomic E-state index is 0.244. The highest BCUT2D eigenvalue weighted by Crippen LogP contribution is 2.34. The summed E-state index contributed by atoms with van der Waals surface area (Å²) in [6.07, 6.45) is 0.964. The summed E-state index contributed by atoms with van der Waals surface area (Å²) in [5.74, 6) is 0.933. The predicted octanol–water partition coefficient (Wildman–Crippen LogP) is 1.52. The van der Waals surface area contributed by atoms with E-state index in [1.54, 1.807) is 0 Å². The van der Waals surface area contributed by atoms with Gasteiger partial charge < -0.3 is 10.5 Å². The Kier molecular flexibility index (Phi) is 2.34. The molecular weight excluding hydrogens is 222 g/mol. The van der Waals surface area contributed by atoms with Gasteiger partial charge in [0.25, 0.3) is 0 Å². The molecule has 1 aliphatic rings. The Labute approximate surface area is 97.2 Å². The van der Waals surface area contributed by atoms with Crippen LogP contribution in [0.3, 0.4) is 0 Å². The summed E-state index contributed by atoms with van der Waals surface area (Å²) < 4.78 is 9.46. The Morgan fingerprint density at radius 3 is 3.19 bits per heavy atom. The van der Waals surface area contributed by atoms with E-state index in [-0.39, 0.29) is 6.04 Å². The van der Waals surface area contributed by atoms with Crippen molar-refractivity contribution in [3.05, 3.63) is 40.4 Å². The topological polar surface area (TPSA) is 61.0 Å². The van der Waals surface area contributed by atoms with Crippen molar-refractivity contribution in [3.63, 3.8) is 0 Å². The molecule has 16 heavy (non-hydrogen) atoms. The van der Waals surface area contributed by atoms with E-state index in [9.17, 15) is 0 Å². The van der Waals surface area contributed by atoms with Crippen LogP contribution in [-0.2, 0) is 6.42 Å². The molecular formula is C11H11N3OS. The SMILES string of the molecule is NC(c1csnn1)c1cccc2c1OCC2. The van der Waals surface area contributed by atoms with Gasteiger partial charge in [-0.2, -0.15) is 0 Å². The number of fused-ring (bicyclic) bond motifs is 1. The average Bonchev–Trinajstić information content (AvgIpc) is 2.98. The molecule has 2 N–H and O–H groups in total. The minimum atomic E-state index is -0.244. The second-order valence-corrected chi connectivity index (χ2v) is 4.35. The Morgan fingerprint density at radius 1 is 1.44 bits per heavy atom. The molecule has 1 aromatic heterocycles. The van der Waals surface area contributed by atoms with E-state index in [1.807, 2.05) is 17.5 Å². The Hall–Kier alpha value is -1.46. The van der Waals surface area contributed by atoms with Gasteiger partial charge in [0.15, 0.2) is 0 Å². The molecule has 1 atom stereocenters. The zero-order chi connectivity index (χ0) is 11.0. The first-order valence-electron chi connectivity index (χ1n) is 5.13. The van der Waals surface area contributed by atoms with Crippen molar-refractivity contribution in [2.45, 2.75) is 12.5 Å². The van der Waals surface area contributed by atoms with Gasteiger partial charge >= 0.3 is 0 Å². The van der Waals surface area contributed by atoms with E-state index < -0.39 is 0 Å². The van der Waals surface area contributed by atoms with Crippen molar-refractivity contribution >= 4 is 11.5 Å². The van der Waals surface area contributed by atoms with E-state index in [1.165, 1.54) is 17.1 Å². The number of hydrogen-bond donors (Lipinski definition) is 1. The zero-order valence-corrected chi connectivity index (χ0v) is 9.41. The lowest BCUT2D eigenvalue weighted by Crippen LogP contribution is -2.13. The second-order valence-electron chi connectivity index (χ2n) is 3.74. The highest BCUT2D eigenvalue weighted by atomic mass is 32.1. The maximum absolute atomic E-state index is 6.16. The molecule has 0 saturated heterocycles. The summed E-state index contributed by atoms with van der Waals surface area (Å²) in [5, 5.41) is 5.88. The maximum Gasteiger partial charge on any atom is 0.127 e. The summed E-state index contributed by atoms with van der Waals surface area (Å²) >= 11 is 1.31. The number of para-hydroxylation sites is 1. The van der Waals surface area contributed by atoms with Crippen molar-refractivity contribution in [2.24, 2.45) is 5.73 Å². The van der Waals surface area contributed by atoms with Crippen LogP contribution in [0.1, 0.15) is 22.9 Å². The van der Waals surface area contributed by atoms with E-state index in [0.29, 0.717) is 0 Å². The Balaban J connectivity index is 2.04. The van der Waals surface area contributed by atoms with E-state index >= 15 is 0 Å². The normalized spacial score (nSPS) is 15.6. The summed E-state index contributed by atoms with van der Waals surface area (Å²) in [7, 11) is 0. The van der Waals surface area contributed by atoms with Crippen LogP contribution in [0.2, 0.25) is 0 Å². The third kappa shape index (κ3) is 1.48. The molecule has 0 saturated carbocycles. The molecule has 82 valence electrons. The fourth-order valence-corrected chi connectivity index (χ4v) is 2.44. The molecule has 1 aliphatic heterocycles. The lowest BCUT2D eigenvalue weighted by atomic mass is 10.0. The van der Waals surface area contributed by atoms with Gasteiger partial charge in [-0.25, -0.2) is 0 Å². The summed E-state index contributed by atoms with van der Waals surface area (Å²) in [4.78, 5) is 0. The van der Waals surface area contributed by atoms with Crippen LogP contribution in [-0.4, -0.2) is 16.2 Å². The zero-order valence-electron chi connectivity index (χ0n) is 8.59. The van der Waals surface area contributed by atoms with Crippen LogP contribution >= 0.6 is 11.5 Å². The molecule has 1 unspecified atom stereocenters. The third-order valence-corrected chi connectivity index (χ3v) is 3.30. The predicted molar refractivity (Wildman–Crippen MR) is 61.6 cm³/mol. The van der Waals surface area contributed by atoms with Gasteiger partial charge in [0.2, 0.25) is 0 Å². The smallest absolute Gasteiger partial charge is 0.127 e. The average molecular weight is 233 g/mol. The molecule has 4 nitrogen and oxygen atoms in total. The first kappa shape index (κ1) is 9.74. The van der Waals surface area contributed by atoms with Gasteiger partial charge in [-0.1, -0.05) is 22.7 Å². The van der Waals surface area contributed by atoms with Gasteiger partial charge in [-0.3, -0.25) is 0 Å². The molecule has 0 bridgehead atoms. The van der Waals surface area contributed by atoms with Gasteiger partial charge in [-0.15, -0.1) is 5.10 Å². The maximum atomic E-state index is 6.16. The molecule has 0 amide bonds. The Bertz CT molecular complexity index is 498. The molecule has 0 radical (unpaired) electrons. The third-order valence-electron chi connectivity index (χ3n) is 2.78. The molecule has 1 aromatic carbocycles. The van der Waals surface area contributed by atoms with E-state index in [2.05, 4.69) is 15.7 Å². The highest BCUT2D eigenvalue weighted by molar-refractivity contribution is 7.03. The summed E-state index contributed by atoms with van der Waals surface area (Å²) in [5.41, 5.74) is 9.19. The number of aromatic nitrogens is 2. The fourth-order valence-electron chi connectivity index (χ4n) is 1.95. The molecule has 0 aliphatic carbocycles. The number of rotatable bonds is 2.